The first-order valence-electron chi connectivity index (χ1n) is 11.7. The lowest BCUT2D eigenvalue weighted by Crippen LogP contribution is -2.47. The summed E-state index contributed by atoms with van der Waals surface area (Å²) in [6.45, 7) is -0.457. The van der Waals surface area contributed by atoms with Crippen LogP contribution < -0.4 is 10.6 Å². The second-order valence-corrected chi connectivity index (χ2v) is 8.97. The fourth-order valence-corrected chi connectivity index (χ4v) is 5.11. The van der Waals surface area contributed by atoms with Gasteiger partial charge in [-0.15, -0.1) is 0 Å². The number of carbonyl (C=O) groups is 3. The fraction of sp³-hybridized carbons (Fsp3) is 0.423. The number of ether oxygens (including phenoxy) is 1. The van der Waals surface area contributed by atoms with Crippen molar-refractivity contribution in [1.82, 2.24) is 10.6 Å². The number of carboxylic acids is 1. The molecule has 3 atom stereocenters. The summed E-state index contributed by atoms with van der Waals surface area (Å²) in [4.78, 5) is 36.1. The molecule has 1 saturated carbocycles. The molecule has 0 bridgehead atoms. The average Bonchev–Trinajstić information content (AvgIpc) is 3.16. The predicted octanol–water partition coefficient (Wildman–Crippen LogP) is 3.04. The summed E-state index contributed by atoms with van der Waals surface area (Å²) < 4.78 is 5.65. The molecule has 34 heavy (non-hydrogen) atoms. The Morgan fingerprint density at radius 1 is 0.971 bits per heavy atom. The number of alkyl carbamates (subject to hydrolysis) is 1. The van der Waals surface area contributed by atoms with Crippen LogP contribution in [0.3, 0.4) is 0 Å². The number of hydrogen-bond donors (Lipinski definition) is 4. The molecule has 2 aliphatic rings. The minimum absolute atomic E-state index is 0.0301. The van der Waals surface area contributed by atoms with E-state index in [-0.39, 0.29) is 30.9 Å². The van der Waals surface area contributed by atoms with E-state index in [1.54, 1.807) is 0 Å². The lowest BCUT2D eigenvalue weighted by molar-refractivity contribution is -0.143. The molecule has 8 nitrogen and oxygen atoms in total. The summed E-state index contributed by atoms with van der Waals surface area (Å²) in [5.74, 6) is -1.89. The smallest absolute Gasteiger partial charge is 0.407 e. The summed E-state index contributed by atoms with van der Waals surface area (Å²) in [5.41, 5.74) is 4.60. The van der Waals surface area contributed by atoms with E-state index in [0.717, 1.165) is 47.9 Å². The van der Waals surface area contributed by atoms with E-state index >= 15 is 0 Å². The number of nitrogens with one attached hydrogen (secondary N) is 2. The first kappa shape index (κ1) is 23.8. The molecule has 2 unspecified atom stereocenters. The molecule has 1 fully saturated rings. The summed E-state index contributed by atoms with van der Waals surface area (Å²) >= 11 is 0. The lowest BCUT2D eigenvalue weighted by Gasteiger charge is -2.32. The van der Waals surface area contributed by atoms with Gasteiger partial charge in [-0.1, -0.05) is 61.4 Å². The zero-order chi connectivity index (χ0) is 24.1. The third kappa shape index (κ3) is 5.22. The van der Waals surface area contributed by atoms with Gasteiger partial charge in [-0.25, -0.2) is 9.59 Å². The van der Waals surface area contributed by atoms with Crippen LogP contribution in [-0.2, 0) is 14.3 Å². The Balaban J connectivity index is 1.35. The molecule has 4 rings (SSSR count). The van der Waals surface area contributed by atoms with Crippen molar-refractivity contribution in [1.29, 1.82) is 0 Å². The van der Waals surface area contributed by atoms with Crippen LogP contribution in [0.15, 0.2) is 48.5 Å². The third-order valence-corrected chi connectivity index (χ3v) is 6.82. The summed E-state index contributed by atoms with van der Waals surface area (Å²) in [7, 11) is 0. The van der Waals surface area contributed by atoms with E-state index in [1.165, 1.54) is 0 Å². The highest BCUT2D eigenvalue weighted by atomic mass is 16.5. The van der Waals surface area contributed by atoms with Crippen molar-refractivity contribution in [2.24, 2.45) is 5.92 Å². The Bertz CT molecular complexity index is 1010. The maximum Gasteiger partial charge on any atom is 0.407 e. The van der Waals surface area contributed by atoms with Gasteiger partial charge in [0.2, 0.25) is 5.91 Å². The Kier molecular flexibility index (Phi) is 7.47. The van der Waals surface area contributed by atoms with Gasteiger partial charge in [-0.2, -0.15) is 0 Å². The number of benzene rings is 2. The fourth-order valence-electron chi connectivity index (χ4n) is 5.11. The van der Waals surface area contributed by atoms with Gasteiger partial charge in [-0.05, 0) is 41.0 Å². The van der Waals surface area contributed by atoms with E-state index in [1.807, 2.05) is 24.3 Å². The number of aliphatic carboxylic acids is 1. The highest BCUT2D eigenvalue weighted by Gasteiger charge is 2.32. The minimum Gasteiger partial charge on any atom is -0.480 e. The van der Waals surface area contributed by atoms with E-state index in [0.29, 0.717) is 0 Å². The number of aliphatic hydroxyl groups excluding tert-OH is 1. The molecule has 0 saturated heterocycles. The molecule has 0 aliphatic heterocycles. The van der Waals surface area contributed by atoms with Gasteiger partial charge < -0.3 is 25.6 Å². The van der Waals surface area contributed by atoms with E-state index in [9.17, 15) is 14.4 Å². The molecule has 0 radical (unpaired) electrons. The van der Waals surface area contributed by atoms with Gasteiger partial charge in [0.25, 0.3) is 0 Å². The maximum absolute atomic E-state index is 12.7. The van der Waals surface area contributed by atoms with Crippen LogP contribution in [-0.4, -0.2) is 53.5 Å². The molecule has 2 aliphatic carbocycles. The van der Waals surface area contributed by atoms with Crippen molar-refractivity contribution in [3.8, 4) is 11.1 Å². The molecule has 0 aromatic heterocycles. The molecule has 0 heterocycles. The number of rotatable bonds is 8. The van der Waals surface area contributed by atoms with Crippen molar-refractivity contribution < 1.29 is 29.3 Å². The van der Waals surface area contributed by atoms with Crippen molar-refractivity contribution >= 4 is 18.0 Å². The zero-order valence-corrected chi connectivity index (χ0v) is 18.9. The van der Waals surface area contributed by atoms with Crippen molar-refractivity contribution in [3.63, 3.8) is 0 Å². The lowest BCUT2D eigenvalue weighted by atomic mass is 9.82. The van der Waals surface area contributed by atoms with Crippen LogP contribution in [0.25, 0.3) is 11.1 Å². The molecule has 2 amide bonds. The average molecular weight is 467 g/mol. The van der Waals surface area contributed by atoms with E-state index in [2.05, 4.69) is 34.9 Å². The number of aliphatic hydroxyl groups is 1. The Hall–Kier alpha value is -3.39. The Morgan fingerprint density at radius 2 is 1.59 bits per heavy atom. The van der Waals surface area contributed by atoms with Crippen LogP contribution in [0.4, 0.5) is 4.79 Å². The van der Waals surface area contributed by atoms with Crippen molar-refractivity contribution in [2.75, 3.05) is 13.2 Å². The first-order chi connectivity index (χ1) is 16.5. The highest BCUT2D eigenvalue weighted by Crippen LogP contribution is 2.44. The highest BCUT2D eigenvalue weighted by molar-refractivity contribution is 5.84. The second kappa shape index (κ2) is 10.7. The van der Waals surface area contributed by atoms with Gasteiger partial charge in [0, 0.05) is 18.4 Å². The monoisotopic (exact) mass is 466 g/mol. The zero-order valence-electron chi connectivity index (χ0n) is 18.9. The number of carboxylic acid groups (broad SMARTS) is 1. The number of amides is 2. The van der Waals surface area contributed by atoms with Gasteiger partial charge in [-0.3, -0.25) is 4.79 Å². The molecular weight excluding hydrogens is 436 g/mol. The van der Waals surface area contributed by atoms with Crippen LogP contribution in [0, 0.1) is 5.92 Å². The topological polar surface area (TPSA) is 125 Å². The summed E-state index contributed by atoms with van der Waals surface area (Å²) in [6.07, 6.45) is 2.91. The van der Waals surface area contributed by atoms with Crippen LogP contribution in [0.1, 0.15) is 49.1 Å². The quantitative estimate of drug-likeness (QED) is 0.474. The molecule has 2 aromatic rings. The molecule has 4 N–H and O–H groups in total. The second-order valence-electron chi connectivity index (χ2n) is 8.97. The first-order valence-corrected chi connectivity index (χ1v) is 11.7. The van der Waals surface area contributed by atoms with Gasteiger partial charge >= 0.3 is 12.1 Å². The predicted molar refractivity (Wildman–Crippen MR) is 125 cm³/mol. The SMILES string of the molecule is O=C(CC1CCCCC1NC(=O)OCC1c2ccccc2-c2ccccc21)N[C@H](CO)C(=O)O. The van der Waals surface area contributed by atoms with Gasteiger partial charge in [0.05, 0.1) is 6.61 Å². The standard InChI is InChI=1S/C26H30N2O6/c29-14-23(25(31)32)27-24(30)13-16-7-1-6-12-22(16)28-26(33)34-15-21-19-10-4-2-8-17(19)18-9-3-5-11-20(18)21/h2-5,8-11,16,21-23,29H,1,6-7,12-15H2,(H,27,30)(H,28,33)(H,31,32)/t16?,22?,23-/m1/s1. The molecular formula is C26H30N2O6. The molecule has 180 valence electrons. The van der Waals surface area contributed by atoms with Crippen LogP contribution in [0.2, 0.25) is 0 Å². The summed E-state index contributed by atoms with van der Waals surface area (Å²) in [6, 6.07) is 14.7. The van der Waals surface area contributed by atoms with Crippen molar-refractivity contribution in [3.05, 3.63) is 59.7 Å². The molecule has 0 spiro atoms. The number of hydrogen-bond acceptors (Lipinski definition) is 5. The van der Waals surface area contributed by atoms with Crippen molar-refractivity contribution in [2.45, 2.75) is 50.1 Å². The Labute approximate surface area is 198 Å². The van der Waals surface area contributed by atoms with Crippen LogP contribution in [0.5, 0.6) is 0 Å². The summed E-state index contributed by atoms with van der Waals surface area (Å²) in [5, 5.41) is 23.4. The van der Waals surface area contributed by atoms with E-state index < -0.39 is 30.6 Å². The van der Waals surface area contributed by atoms with Gasteiger partial charge in [0.1, 0.15) is 12.6 Å². The maximum atomic E-state index is 12.7. The Morgan fingerprint density at radius 3 is 2.21 bits per heavy atom. The van der Waals surface area contributed by atoms with Crippen LogP contribution >= 0.6 is 0 Å². The van der Waals surface area contributed by atoms with Gasteiger partial charge in [0.15, 0.2) is 0 Å². The molecule has 2 aromatic carbocycles. The number of fused-ring (bicyclic) bond motifs is 3. The molecule has 8 heteroatoms. The van der Waals surface area contributed by atoms with E-state index in [4.69, 9.17) is 14.9 Å². The largest absolute Gasteiger partial charge is 0.480 e. The normalized spacial score (nSPS) is 20.0. The number of carbonyl (C=O) groups excluding carboxylic acids is 2. The minimum atomic E-state index is -1.33. The third-order valence-electron chi connectivity index (χ3n) is 6.82.